The van der Waals surface area contributed by atoms with Crippen molar-refractivity contribution < 1.29 is 14.3 Å². The summed E-state index contributed by atoms with van der Waals surface area (Å²) in [6, 6.07) is 7.65. The van der Waals surface area contributed by atoms with Gasteiger partial charge in [0.05, 0.1) is 19.7 Å². The van der Waals surface area contributed by atoms with Crippen molar-refractivity contribution in [3.05, 3.63) is 28.7 Å². The Morgan fingerprint density at radius 2 is 1.95 bits per heavy atom. The second-order valence-corrected chi connectivity index (χ2v) is 5.36. The Labute approximate surface area is 146 Å². The molecular weight excluding hydrogens is 372 g/mol. The molecule has 0 bridgehead atoms. The van der Waals surface area contributed by atoms with Gasteiger partial charge in [-0.05, 0) is 31.2 Å². The van der Waals surface area contributed by atoms with Crippen LogP contribution in [0.15, 0.2) is 28.7 Å². The van der Waals surface area contributed by atoms with E-state index in [-0.39, 0.29) is 18.3 Å². The van der Waals surface area contributed by atoms with Crippen LogP contribution in [0.2, 0.25) is 0 Å². The molecule has 0 heterocycles. The number of benzene rings is 1. The third-order valence-electron chi connectivity index (χ3n) is 2.94. The second kappa shape index (κ2) is 12.7. The van der Waals surface area contributed by atoms with Crippen LogP contribution in [0.4, 0.5) is 0 Å². The highest BCUT2D eigenvalue weighted by molar-refractivity contribution is 9.10. The number of methoxy groups -OCH3 is 1. The van der Waals surface area contributed by atoms with Crippen LogP contribution >= 0.6 is 28.3 Å². The number of carbonyl (C=O) groups is 1. The smallest absolute Gasteiger partial charge is 0.236 e. The average molecular weight is 396 g/mol. The molecule has 1 N–H and O–H groups in total. The summed E-state index contributed by atoms with van der Waals surface area (Å²) in [5, 5.41) is 3.05. The number of hydrogen-bond acceptors (Lipinski definition) is 4. The normalized spacial score (nSPS) is 9.95. The summed E-state index contributed by atoms with van der Waals surface area (Å²) < 4.78 is 11.6. The zero-order valence-electron chi connectivity index (χ0n) is 13.0. The van der Waals surface area contributed by atoms with E-state index in [0.717, 1.165) is 10.2 Å². The van der Waals surface area contributed by atoms with Gasteiger partial charge in [0, 0.05) is 24.7 Å². The highest BCUT2D eigenvalue weighted by atomic mass is 79.9. The summed E-state index contributed by atoms with van der Waals surface area (Å²) in [5.41, 5.74) is 0. The largest absolute Gasteiger partial charge is 0.492 e. The molecule has 0 unspecified atom stereocenters. The fourth-order valence-corrected chi connectivity index (χ4v) is 2.01. The van der Waals surface area contributed by atoms with Crippen molar-refractivity contribution in [3.8, 4) is 5.75 Å². The first-order valence-corrected chi connectivity index (χ1v) is 7.82. The lowest BCUT2D eigenvalue weighted by Gasteiger charge is -2.21. The van der Waals surface area contributed by atoms with Gasteiger partial charge in [0.25, 0.3) is 0 Å². The molecule has 1 amide bonds. The van der Waals surface area contributed by atoms with Crippen LogP contribution in [0.1, 0.15) is 6.92 Å². The van der Waals surface area contributed by atoms with Crippen LogP contribution < -0.4 is 10.1 Å². The van der Waals surface area contributed by atoms with Crippen LogP contribution in [0.3, 0.4) is 0 Å². The van der Waals surface area contributed by atoms with Gasteiger partial charge in [-0.25, -0.2) is 0 Å². The number of carbonyl (C=O) groups excluding carboxylic acids is 1. The summed E-state index contributed by atoms with van der Waals surface area (Å²) in [6.45, 7) is 5.31. The van der Waals surface area contributed by atoms with Gasteiger partial charge in [-0.3, -0.25) is 4.79 Å². The van der Waals surface area contributed by atoms with Crippen molar-refractivity contribution in [1.29, 1.82) is 0 Å². The number of halogens is 2. The van der Waals surface area contributed by atoms with Gasteiger partial charge in [0.1, 0.15) is 12.4 Å². The van der Waals surface area contributed by atoms with Crippen molar-refractivity contribution >= 4 is 34.2 Å². The van der Waals surface area contributed by atoms with Crippen LogP contribution in [0.5, 0.6) is 5.75 Å². The van der Waals surface area contributed by atoms with Gasteiger partial charge >= 0.3 is 0 Å². The Bertz CT molecular complexity index is 418. The highest BCUT2D eigenvalue weighted by Crippen LogP contribution is 2.15. The standard InChI is InChI=1S/C15H23BrN2O3.ClH/c1-3-18(15(19)12-17-8-10-20-2)9-11-21-14-6-4-13(16)5-7-14;/h4-7,17H,3,8-12H2,1-2H3;1H. The predicted octanol–water partition coefficient (Wildman–Crippen LogP) is 2.33. The summed E-state index contributed by atoms with van der Waals surface area (Å²) in [5.74, 6) is 0.882. The fourth-order valence-electron chi connectivity index (χ4n) is 1.75. The molecule has 0 aliphatic heterocycles. The number of amides is 1. The Morgan fingerprint density at radius 3 is 2.55 bits per heavy atom. The van der Waals surface area contributed by atoms with E-state index < -0.39 is 0 Å². The fraction of sp³-hybridized carbons (Fsp3) is 0.533. The van der Waals surface area contributed by atoms with Crippen molar-refractivity contribution in [2.75, 3.05) is 46.5 Å². The quantitative estimate of drug-likeness (QED) is 0.618. The molecule has 0 aliphatic rings. The van der Waals surface area contributed by atoms with Gasteiger partial charge < -0.3 is 19.7 Å². The van der Waals surface area contributed by atoms with E-state index >= 15 is 0 Å². The Kier molecular flexibility index (Phi) is 12.2. The third kappa shape index (κ3) is 8.58. The average Bonchev–Trinajstić information content (AvgIpc) is 2.50. The molecule has 22 heavy (non-hydrogen) atoms. The first-order chi connectivity index (χ1) is 10.2. The maximum atomic E-state index is 12.0. The first-order valence-electron chi connectivity index (χ1n) is 7.03. The summed E-state index contributed by atoms with van der Waals surface area (Å²) in [6.07, 6.45) is 0. The number of hydrogen-bond donors (Lipinski definition) is 1. The Balaban J connectivity index is 0.00000441. The SMILES string of the molecule is CCN(CCOc1ccc(Br)cc1)C(=O)CNCCOC.Cl. The van der Waals surface area contributed by atoms with Crippen LogP contribution in [0.25, 0.3) is 0 Å². The van der Waals surface area contributed by atoms with E-state index in [1.54, 1.807) is 12.0 Å². The predicted molar refractivity (Wildman–Crippen MR) is 93.9 cm³/mol. The molecule has 0 aromatic heterocycles. The molecule has 1 aromatic rings. The second-order valence-electron chi connectivity index (χ2n) is 4.45. The molecule has 5 nitrogen and oxygen atoms in total. The lowest BCUT2D eigenvalue weighted by molar-refractivity contribution is -0.130. The summed E-state index contributed by atoms with van der Waals surface area (Å²) in [7, 11) is 1.64. The number of likely N-dealkylation sites (N-methyl/N-ethyl adjacent to an activating group) is 1. The molecule has 0 saturated heterocycles. The zero-order chi connectivity index (χ0) is 15.5. The van der Waals surface area contributed by atoms with Gasteiger partial charge in [0.2, 0.25) is 5.91 Å². The van der Waals surface area contributed by atoms with E-state index in [9.17, 15) is 4.79 Å². The highest BCUT2D eigenvalue weighted by Gasteiger charge is 2.10. The lowest BCUT2D eigenvalue weighted by Crippen LogP contribution is -2.40. The van der Waals surface area contributed by atoms with Gasteiger partial charge in [-0.1, -0.05) is 15.9 Å². The number of rotatable bonds is 10. The van der Waals surface area contributed by atoms with Crippen molar-refractivity contribution in [1.82, 2.24) is 10.2 Å². The minimum Gasteiger partial charge on any atom is -0.492 e. The summed E-state index contributed by atoms with van der Waals surface area (Å²) in [4.78, 5) is 13.8. The van der Waals surface area contributed by atoms with E-state index in [1.807, 2.05) is 31.2 Å². The molecule has 0 atom stereocenters. The molecule has 0 spiro atoms. The van der Waals surface area contributed by atoms with Gasteiger partial charge in [-0.15, -0.1) is 12.4 Å². The molecule has 1 aromatic carbocycles. The molecule has 0 aliphatic carbocycles. The van der Waals surface area contributed by atoms with Crippen molar-refractivity contribution in [3.63, 3.8) is 0 Å². The van der Waals surface area contributed by atoms with Crippen molar-refractivity contribution in [2.24, 2.45) is 0 Å². The van der Waals surface area contributed by atoms with E-state index in [2.05, 4.69) is 21.2 Å². The Hall–Kier alpha value is -0.820. The lowest BCUT2D eigenvalue weighted by atomic mass is 10.3. The molecule has 0 radical (unpaired) electrons. The number of nitrogens with zero attached hydrogens (tertiary/aromatic N) is 1. The molecule has 7 heteroatoms. The zero-order valence-corrected chi connectivity index (χ0v) is 15.4. The monoisotopic (exact) mass is 394 g/mol. The van der Waals surface area contributed by atoms with E-state index in [4.69, 9.17) is 9.47 Å². The van der Waals surface area contributed by atoms with Crippen molar-refractivity contribution in [2.45, 2.75) is 6.92 Å². The Morgan fingerprint density at radius 1 is 1.27 bits per heavy atom. The molecule has 1 rings (SSSR count). The maximum absolute atomic E-state index is 12.0. The van der Waals surface area contributed by atoms with Crippen LogP contribution in [0, 0.1) is 0 Å². The van der Waals surface area contributed by atoms with Gasteiger partial charge in [-0.2, -0.15) is 0 Å². The molecular formula is C15H24BrClN2O3. The van der Waals surface area contributed by atoms with Gasteiger partial charge in [0.15, 0.2) is 0 Å². The van der Waals surface area contributed by atoms with Crippen LogP contribution in [-0.2, 0) is 9.53 Å². The minimum atomic E-state index is 0. The minimum absolute atomic E-state index is 0. The maximum Gasteiger partial charge on any atom is 0.236 e. The first kappa shape index (κ1) is 21.2. The van der Waals surface area contributed by atoms with Crippen LogP contribution in [-0.4, -0.2) is 57.3 Å². The molecule has 0 fully saturated rings. The number of ether oxygens (including phenoxy) is 2. The van der Waals surface area contributed by atoms with E-state index in [1.165, 1.54) is 0 Å². The summed E-state index contributed by atoms with van der Waals surface area (Å²) >= 11 is 3.38. The van der Waals surface area contributed by atoms with E-state index in [0.29, 0.717) is 39.4 Å². The third-order valence-corrected chi connectivity index (χ3v) is 3.47. The topological polar surface area (TPSA) is 50.8 Å². The molecule has 126 valence electrons. The molecule has 0 saturated carbocycles. The number of nitrogens with one attached hydrogen (secondary N) is 1.